The summed E-state index contributed by atoms with van der Waals surface area (Å²) in [5.74, 6) is 0.683. The molecule has 0 radical (unpaired) electrons. The smallest absolute Gasteiger partial charge is 0.257 e. The van der Waals surface area contributed by atoms with Crippen LogP contribution in [0.4, 0.5) is 0 Å². The molecule has 1 aliphatic rings. The van der Waals surface area contributed by atoms with Gasteiger partial charge in [0.1, 0.15) is 5.75 Å². The van der Waals surface area contributed by atoms with E-state index in [1.807, 2.05) is 32.0 Å². The predicted octanol–water partition coefficient (Wildman–Crippen LogP) is 1.83. The molecular formula is C15H21NO3. The number of carbonyl (C=O) groups is 1. The maximum absolute atomic E-state index is 11.7. The van der Waals surface area contributed by atoms with Crippen molar-refractivity contribution in [2.45, 2.75) is 20.8 Å². The summed E-state index contributed by atoms with van der Waals surface area (Å²) in [6, 6.07) is 5.85. The van der Waals surface area contributed by atoms with Crippen LogP contribution in [0.2, 0.25) is 0 Å². The van der Waals surface area contributed by atoms with Crippen LogP contribution in [-0.2, 0) is 9.53 Å². The van der Waals surface area contributed by atoms with Gasteiger partial charge in [0.25, 0.3) is 5.91 Å². The lowest BCUT2D eigenvalue weighted by Gasteiger charge is -2.37. The van der Waals surface area contributed by atoms with Gasteiger partial charge in [0.2, 0.25) is 0 Å². The summed E-state index contributed by atoms with van der Waals surface area (Å²) in [6.45, 7) is 8.25. The van der Waals surface area contributed by atoms with Gasteiger partial charge in [0.05, 0.1) is 13.2 Å². The number of carbonyl (C=O) groups excluding carboxylic acids is 1. The minimum absolute atomic E-state index is 0.0568. The number of amides is 1. The van der Waals surface area contributed by atoms with Crippen LogP contribution in [0.1, 0.15) is 18.1 Å². The van der Waals surface area contributed by atoms with Gasteiger partial charge in [-0.2, -0.15) is 0 Å². The molecule has 4 heteroatoms. The van der Waals surface area contributed by atoms with E-state index < -0.39 is 0 Å². The van der Waals surface area contributed by atoms with Gasteiger partial charge in [0.15, 0.2) is 6.61 Å². The van der Waals surface area contributed by atoms with Crippen molar-refractivity contribution in [2.75, 3.05) is 26.4 Å². The third-order valence-corrected chi connectivity index (χ3v) is 3.53. The van der Waals surface area contributed by atoms with Crippen LogP contribution in [0.5, 0.6) is 5.75 Å². The summed E-state index contributed by atoms with van der Waals surface area (Å²) >= 11 is 0. The Morgan fingerprint density at radius 3 is 2.79 bits per heavy atom. The van der Waals surface area contributed by atoms with Crippen LogP contribution in [0.15, 0.2) is 18.2 Å². The van der Waals surface area contributed by atoms with Crippen LogP contribution < -0.4 is 10.1 Å². The zero-order valence-electron chi connectivity index (χ0n) is 11.8. The number of hydrogen-bond donors (Lipinski definition) is 1. The fourth-order valence-corrected chi connectivity index (χ4v) is 1.94. The summed E-state index contributed by atoms with van der Waals surface area (Å²) < 4.78 is 10.7. The van der Waals surface area contributed by atoms with Gasteiger partial charge in [-0.3, -0.25) is 4.79 Å². The topological polar surface area (TPSA) is 47.6 Å². The largest absolute Gasteiger partial charge is 0.483 e. The minimum Gasteiger partial charge on any atom is -0.483 e. The second kappa shape index (κ2) is 5.61. The summed E-state index contributed by atoms with van der Waals surface area (Å²) in [4.78, 5) is 11.7. The number of ether oxygens (including phenoxy) is 2. The van der Waals surface area contributed by atoms with E-state index >= 15 is 0 Å². The Morgan fingerprint density at radius 1 is 1.42 bits per heavy atom. The van der Waals surface area contributed by atoms with E-state index in [0.717, 1.165) is 16.9 Å². The van der Waals surface area contributed by atoms with Gasteiger partial charge in [-0.15, -0.1) is 0 Å². The molecule has 1 heterocycles. The van der Waals surface area contributed by atoms with E-state index in [2.05, 4.69) is 12.2 Å². The Kier molecular flexibility index (Phi) is 4.10. The highest BCUT2D eigenvalue weighted by molar-refractivity contribution is 5.77. The van der Waals surface area contributed by atoms with Crippen LogP contribution >= 0.6 is 0 Å². The normalized spacial score (nSPS) is 16.6. The average Bonchev–Trinajstić information content (AvgIpc) is 2.36. The molecule has 1 fully saturated rings. The second-order valence-corrected chi connectivity index (χ2v) is 5.57. The summed E-state index contributed by atoms with van der Waals surface area (Å²) in [5, 5.41) is 2.89. The molecule has 104 valence electrons. The molecule has 1 amide bonds. The van der Waals surface area contributed by atoms with Crippen molar-refractivity contribution in [1.82, 2.24) is 5.32 Å². The van der Waals surface area contributed by atoms with Gasteiger partial charge in [-0.1, -0.05) is 19.1 Å². The fraction of sp³-hybridized carbons (Fsp3) is 0.533. The van der Waals surface area contributed by atoms with Crippen LogP contribution in [0, 0.1) is 19.3 Å². The SMILES string of the molecule is Cc1cccc(OCC(=O)NCC2(C)COC2)c1C. The third kappa shape index (κ3) is 3.47. The zero-order valence-corrected chi connectivity index (χ0v) is 11.8. The Balaban J connectivity index is 1.78. The molecular weight excluding hydrogens is 242 g/mol. The highest BCUT2D eigenvalue weighted by Crippen LogP contribution is 2.25. The van der Waals surface area contributed by atoms with Gasteiger partial charge < -0.3 is 14.8 Å². The van der Waals surface area contributed by atoms with Crippen molar-refractivity contribution in [3.05, 3.63) is 29.3 Å². The molecule has 0 aromatic heterocycles. The molecule has 0 unspecified atom stereocenters. The molecule has 0 aliphatic carbocycles. The highest BCUT2D eigenvalue weighted by atomic mass is 16.5. The standard InChI is InChI=1S/C15H21NO3/c1-11-5-4-6-13(12(11)2)19-7-14(17)16-8-15(3)9-18-10-15/h4-6H,7-10H2,1-3H3,(H,16,17). The highest BCUT2D eigenvalue weighted by Gasteiger charge is 2.33. The molecule has 0 spiro atoms. The number of aryl methyl sites for hydroxylation is 1. The summed E-state index contributed by atoms with van der Waals surface area (Å²) in [5.41, 5.74) is 2.33. The van der Waals surface area contributed by atoms with E-state index in [1.54, 1.807) is 0 Å². The first kappa shape index (κ1) is 13.9. The molecule has 1 N–H and O–H groups in total. The first-order chi connectivity index (χ1) is 9.00. The first-order valence-electron chi connectivity index (χ1n) is 6.54. The second-order valence-electron chi connectivity index (χ2n) is 5.57. The van der Waals surface area contributed by atoms with E-state index in [0.29, 0.717) is 19.8 Å². The van der Waals surface area contributed by atoms with Crippen molar-refractivity contribution in [3.63, 3.8) is 0 Å². The summed E-state index contributed by atoms with van der Waals surface area (Å²) in [7, 11) is 0. The van der Waals surface area contributed by atoms with Crippen molar-refractivity contribution in [2.24, 2.45) is 5.41 Å². The van der Waals surface area contributed by atoms with E-state index in [4.69, 9.17) is 9.47 Å². The lowest BCUT2D eigenvalue weighted by atomic mass is 9.89. The molecule has 1 aromatic rings. The van der Waals surface area contributed by atoms with Crippen molar-refractivity contribution >= 4 is 5.91 Å². The lowest BCUT2D eigenvalue weighted by molar-refractivity contribution is -0.128. The predicted molar refractivity (Wildman–Crippen MR) is 73.3 cm³/mol. The molecule has 0 bridgehead atoms. The Labute approximate surface area is 114 Å². The maximum atomic E-state index is 11.7. The quantitative estimate of drug-likeness (QED) is 0.881. The zero-order chi connectivity index (χ0) is 13.9. The van der Waals surface area contributed by atoms with E-state index in [1.165, 1.54) is 0 Å². The van der Waals surface area contributed by atoms with E-state index in [9.17, 15) is 4.79 Å². The molecule has 1 aromatic carbocycles. The molecule has 1 saturated heterocycles. The molecule has 4 nitrogen and oxygen atoms in total. The molecule has 0 saturated carbocycles. The first-order valence-corrected chi connectivity index (χ1v) is 6.54. The third-order valence-electron chi connectivity index (χ3n) is 3.53. The minimum atomic E-state index is -0.0889. The fourth-order valence-electron chi connectivity index (χ4n) is 1.94. The van der Waals surface area contributed by atoms with Crippen molar-refractivity contribution < 1.29 is 14.3 Å². The molecule has 0 atom stereocenters. The van der Waals surface area contributed by atoms with Crippen molar-refractivity contribution in [3.8, 4) is 5.75 Å². The van der Waals surface area contributed by atoms with E-state index in [-0.39, 0.29) is 17.9 Å². The number of nitrogens with one attached hydrogen (secondary N) is 1. The van der Waals surface area contributed by atoms with Gasteiger partial charge >= 0.3 is 0 Å². The van der Waals surface area contributed by atoms with Gasteiger partial charge in [-0.05, 0) is 31.0 Å². The monoisotopic (exact) mass is 263 g/mol. The lowest BCUT2D eigenvalue weighted by Crippen LogP contribution is -2.49. The molecule has 1 aliphatic heterocycles. The molecule has 19 heavy (non-hydrogen) atoms. The Bertz CT molecular complexity index is 466. The van der Waals surface area contributed by atoms with Crippen LogP contribution in [0.25, 0.3) is 0 Å². The van der Waals surface area contributed by atoms with Gasteiger partial charge in [0, 0.05) is 12.0 Å². The average molecular weight is 263 g/mol. The Morgan fingerprint density at radius 2 is 2.16 bits per heavy atom. The maximum Gasteiger partial charge on any atom is 0.257 e. The van der Waals surface area contributed by atoms with Crippen LogP contribution in [-0.4, -0.2) is 32.3 Å². The van der Waals surface area contributed by atoms with Gasteiger partial charge in [-0.25, -0.2) is 0 Å². The van der Waals surface area contributed by atoms with Crippen LogP contribution in [0.3, 0.4) is 0 Å². The molecule has 2 rings (SSSR count). The Hall–Kier alpha value is -1.55. The number of benzene rings is 1. The summed E-state index contributed by atoms with van der Waals surface area (Å²) in [6.07, 6.45) is 0. The number of hydrogen-bond acceptors (Lipinski definition) is 3. The van der Waals surface area contributed by atoms with Crippen molar-refractivity contribution in [1.29, 1.82) is 0 Å². The number of rotatable bonds is 5.